The topological polar surface area (TPSA) is 18.5 Å². The van der Waals surface area contributed by atoms with Crippen LogP contribution in [0.15, 0.2) is 28.1 Å². The van der Waals surface area contributed by atoms with Crippen LogP contribution in [-0.4, -0.2) is 26.4 Å². The molecule has 0 saturated carbocycles. The molecule has 2 nitrogen and oxygen atoms in total. The van der Waals surface area contributed by atoms with Crippen LogP contribution in [0.2, 0.25) is 0 Å². The average Bonchev–Trinajstić information content (AvgIpc) is 3.02. The maximum atomic E-state index is 5.53. The maximum Gasteiger partial charge on any atom is 0.0787 e. The van der Waals surface area contributed by atoms with E-state index in [2.05, 4.69) is 0 Å². The Morgan fingerprint density at radius 1 is 0.611 bits per heavy atom. The molecule has 4 rings (SSSR count). The Bertz CT molecular complexity index is 408. The predicted molar refractivity (Wildman–Crippen MR) is 82.3 cm³/mol. The minimum Gasteiger partial charge on any atom is -0.376 e. The number of ether oxygens (including phenoxy) is 2. The molecular formula is C12H12O2S4. The molecule has 4 aliphatic rings. The lowest BCUT2D eigenvalue weighted by Gasteiger charge is -2.11. The average molecular weight is 316 g/mol. The Balaban J connectivity index is 1.54. The Hall–Kier alpha value is 0.540. The Morgan fingerprint density at radius 3 is 1.50 bits per heavy atom. The largest absolute Gasteiger partial charge is 0.376 e. The van der Waals surface area contributed by atoms with Crippen molar-refractivity contribution in [3.8, 4) is 0 Å². The first-order valence-corrected chi connectivity index (χ1v) is 9.22. The molecule has 0 saturated heterocycles. The van der Waals surface area contributed by atoms with Crippen LogP contribution >= 0.6 is 47.0 Å². The molecule has 18 heavy (non-hydrogen) atoms. The summed E-state index contributed by atoms with van der Waals surface area (Å²) in [6.45, 7) is 3.40. The van der Waals surface area contributed by atoms with Crippen molar-refractivity contribution in [3.05, 3.63) is 28.1 Å². The molecule has 0 aliphatic carbocycles. The van der Waals surface area contributed by atoms with Crippen LogP contribution in [0.4, 0.5) is 0 Å². The minimum absolute atomic E-state index is 0.815. The lowest BCUT2D eigenvalue weighted by Crippen LogP contribution is -2.04. The van der Waals surface area contributed by atoms with Crippen molar-refractivity contribution in [1.29, 1.82) is 0 Å². The zero-order valence-electron chi connectivity index (χ0n) is 9.69. The molecule has 0 spiro atoms. The summed E-state index contributed by atoms with van der Waals surface area (Å²) in [7, 11) is 0. The van der Waals surface area contributed by atoms with Gasteiger partial charge in [-0.2, -0.15) is 0 Å². The zero-order chi connectivity index (χ0) is 11.9. The number of hydrogen-bond acceptors (Lipinski definition) is 6. The molecule has 0 aromatic carbocycles. The van der Waals surface area contributed by atoms with E-state index in [0.29, 0.717) is 0 Å². The lowest BCUT2D eigenvalue weighted by molar-refractivity contribution is 0.155. The quantitative estimate of drug-likeness (QED) is 0.657. The summed E-state index contributed by atoms with van der Waals surface area (Å²) in [5.41, 5.74) is 0. The van der Waals surface area contributed by atoms with Gasteiger partial charge in [-0.15, -0.1) is 0 Å². The Morgan fingerprint density at radius 2 is 1.06 bits per heavy atom. The van der Waals surface area contributed by atoms with E-state index >= 15 is 0 Å². The third kappa shape index (κ3) is 2.21. The van der Waals surface area contributed by atoms with E-state index in [1.807, 2.05) is 47.0 Å². The summed E-state index contributed by atoms with van der Waals surface area (Å²) in [5.74, 6) is 0. The van der Waals surface area contributed by atoms with E-state index < -0.39 is 0 Å². The summed E-state index contributed by atoms with van der Waals surface area (Å²) < 4.78 is 14.0. The first kappa shape index (κ1) is 12.3. The summed E-state index contributed by atoms with van der Waals surface area (Å²) in [6, 6.07) is 0. The molecule has 0 unspecified atom stereocenters. The smallest absolute Gasteiger partial charge is 0.0787 e. The molecular weight excluding hydrogens is 304 g/mol. The third-order valence-corrected chi connectivity index (χ3v) is 9.01. The van der Waals surface area contributed by atoms with Gasteiger partial charge in [-0.05, 0) is 0 Å². The van der Waals surface area contributed by atoms with Gasteiger partial charge in [0.15, 0.2) is 0 Å². The van der Waals surface area contributed by atoms with E-state index in [0.717, 1.165) is 39.3 Å². The second-order valence-corrected chi connectivity index (χ2v) is 9.22. The van der Waals surface area contributed by atoms with Gasteiger partial charge in [0.2, 0.25) is 0 Å². The van der Waals surface area contributed by atoms with Crippen molar-refractivity contribution >= 4 is 47.0 Å². The molecule has 0 aromatic heterocycles. The second-order valence-electron chi connectivity index (χ2n) is 4.28. The van der Waals surface area contributed by atoms with Gasteiger partial charge in [-0.25, -0.2) is 0 Å². The predicted octanol–water partition coefficient (Wildman–Crippen LogP) is 4.34. The van der Waals surface area contributed by atoms with Crippen LogP contribution in [0.25, 0.3) is 0 Å². The van der Waals surface area contributed by atoms with Gasteiger partial charge in [0.25, 0.3) is 0 Å². The van der Waals surface area contributed by atoms with Crippen LogP contribution in [0.3, 0.4) is 0 Å². The highest BCUT2D eigenvalue weighted by Gasteiger charge is 2.31. The summed E-state index contributed by atoms with van der Waals surface area (Å²) in [6.07, 6.45) is 2.19. The molecule has 6 heteroatoms. The van der Waals surface area contributed by atoms with Crippen LogP contribution in [0, 0.1) is 0 Å². The molecule has 96 valence electrons. The normalized spacial score (nSPS) is 32.0. The highest BCUT2D eigenvalue weighted by atomic mass is 32.2. The van der Waals surface area contributed by atoms with Crippen LogP contribution in [-0.2, 0) is 9.47 Å². The highest BCUT2D eigenvalue weighted by molar-refractivity contribution is 8.34. The lowest BCUT2D eigenvalue weighted by atomic mass is 10.3. The van der Waals surface area contributed by atoms with Crippen molar-refractivity contribution in [2.24, 2.45) is 0 Å². The molecule has 0 amide bonds. The molecule has 0 radical (unpaired) electrons. The summed E-state index contributed by atoms with van der Waals surface area (Å²) >= 11 is 7.79. The van der Waals surface area contributed by atoms with Crippen LogP contribution < -0.4 is 0 Å². The maximum absolute atomic E-state index is 5.53. The number of thioether (sulfide) groups is 4. The molecule has 0 atom stereocenters. The van der Waals surface area contributed by atoms with Crippen molar-refractivity contribution in [2.45, 2.75) is 12.8 Å². The van der Waals surface area contributed by atoms with E-state index in [1.54, 1.807) is 0 Å². The monoisotopic (exact) mass is 316 g/mol. The van der Waals surface area contributed by atoms with Crippen molar-refractivity contribution in [1.82, 2.24) is 0 Å². The van der Waals surface area contributed by atoms with Gasteiger partial charge in [0, 0.05) is 32.5 Å². The van der Waals surface area contributed by atoms with Crippen molar-refractivity contribution in [3.63, 3.8) is 0 Å². The van der Waals surface area contributed by atoms with Crippen LogP contribution in [0.1, 0.15) is 12.8 Å². The number of rotatable bonds is 0. The van der Waals surface area contributed by atoms with E-state index in [1.165, 1.54) is 28.1 Å². The standard InChI is InChI=1S/C12H12O2S4/c1-3-13-5-9-7(1)15-11(17-9)12-16-8-2-4-14-6-10(8)18-12/h1-6H2/b12-11+. The van der Waals surface area contributed by atoms with Crippen molar-refractivity contribution < 1.29 is 9.47 Å². The molecule has 4 aliphatic heterocycles. The third-order valence-electron chi connectivity index (χ3n) is 3.07. The van der Waals surface area contributed by atoms with Gasteiger partial charge < -0.3 is 9.47 Å². The molecule has 4 heterocycles. The van der Waals surface area contributed by atoms with Crippen LogP contribution in [0.5, 0.6) is 0 Å². The molecule has 0 bridgehead atoms. The Labute approximate surface area is 123 Å². The van der Waals surface area contributed by atoms with Gasteiger partial charge in [-0.3, -0.25) is 0 Å². The van der Waals surface area contributed by atoms with Gasteiger partial charge in [0.05, 0.1) is 34.9 Å². The SMILES string of the molecule is C1CC2=C(CO1)S/C(=C1\SC3=C(COCC3)S1)S2. The molecule has 0 fully saturated rings. The fourth-order valence-electron chi connectivity index (χ4n) is 2.14. The fraction of sp³-hybridized carbons (Fsp3) is 0.500. The van der Waals surface area contributed by atoms with E-state index in [9.17, 15) is 0 Å². The fourth-order valence-corrected chi connectivity index (χ4v) is 7.85. The molecule has 0 N–H and O–H groups in total. The zero-order valence-corrected chi connectivity index (χ0v) is 13.0. The van der Waals surface area contributed by atoms with Gasteiger partial charge in [-0.1, -0.05) is 47.0 Å². The van der Waals surface area contributed by atoms with Gasteiger partial charge >= 0.3 is 0 Å². The van der Waals surface area contributed by atoms with Gasteiger partial charge in [0.1, 0.15) is 0 Å². The first-order chi connectivity index (χ1) is 8.90. The number of hydrogen-bond donors (Lipinski definition) is 0. The van der Waals surface area contributed by atoms with E-state index in [-0.39, 0.29) is 0 Å². The minimum atomic E-state index is 0.815. The second kappa shape index (κ2) is 5.14. The Kier molecular flexibility index (Phi) is 3.51. The summed E-state index contributed by atoms with van der Waals surface area (Å²) in [4.78, 5) is 5.96. The van der Waals surface area contributed by atoms with Crippen molar-refractivity contribution in [2.75, 3.05) is 26.4 Å². The first-order valence-electron chi connectivity index (χ1n) is 5.95. The highest BCUT2D eigenvalue weighted by Crippen LogP contribution is 2.61. The summed E-state index contributed by atoms with van der Waals surface area (Å²) in [5, 5.41) is 0. The molecule has 0 aromatic rings. The van der Waals surface area contributed by atoms with E-state index in [4.69, 9.17) is 9.47 Å².